The van der Waals surface area contributed by atoms with Gasteiger partial charge in [0, 0.05) is 38.6 Å². The van der Waals surface area contributed by atoms with Gasteiger partial charge in [0.05, 0.1) is 24.5 Å². The number of para-hydroxylation sites is 1. The van der Waals surface area contributed by atoms with E-state index in [4.69, 9.17) is 9.47 Å². The van der Waals surface area contributed by atoms with Crippen LogP contribution in [0.1, 0.15) is 37.7 Å². The molecule has 2 saturated heterocycles. The van der Waals surface area contributed by atoms with Crippen molar-refractivity contribution < 1.29 is 14.3 Å². The Morgan fingerprint density at radius 2 is 2.03 bits per heavy atom. The second-order valence-corrected chi connectivity index (χ2v) is 7.75. The SMILES string of the molecule is O=C(NCc1ccccc1-n1cccn1)N1CCC(OC[C@@H]2CCCCO2)CC1. The molecule has 0 radical (unpaired) electrons. The summed E-state index contributed by atoms with van der Waals surface area (Å²) in [5.41, 5.74) is 2.02. The smallest absolute Gasteiger partial charge is 0.317 e. The highest BCUT2D eigenvalue weighted by Crippen LogP contribution is 2.18. The quantitative estimate of drug-likeness (QED) is 0.812. The Morgan fingerprint density at radius 3 is 2.79 bits per heavy atom. The number of likely N-dealkylation sites (tertiary alicyclic amines) is 1. The molecule has 0 saturated carbocycles. The summed E-state index contributed by atoms with van der Waals surface area (Å²) in [6, 6.07) is 9.85. The molecule has 2 aliphatic heterocycles. The Kier molecular flexibility index (Phi) is 6.79. The van der Waals surface area contributed by atoms with Crippen LogP contribution in [0.2, 0.25) is 0 Å². The van der Waals surface area contributed by atoms with Gasteiger partial charge in [0.1, 0.15) is 0 Å². The molecule has 0 aliphatic carbocycles. The highest BCUT2D eigenvalue weighted by molar-refractivity contribution is 5.74. The van der Waals surface area contributed by atoms with Crippen molar-refractivity contribution in [1.29, 1.82) is 0 Å². The van der Waals surface area contributed by atoms with Gasteiger partial charge >= 0.3 is 6.03 Å². The first kappa shape index (κ1) is 19.9. The van der Waals surface area contributed by atoms with Gasteiger partial charge in [0.15, 0.2) is 0 Å². The number of rotatable bonds is 6. The van der Waals surface area contributed by atoms with Crippen LogP contribution in [0, 0.1) is 0 Å². The molecule has 1 aromatic heterocycles. The number of nitrogens with one attached hydrogen (secondary N) is 1. The van der Waals surface area contributed by atoms with E-state index in [9.17, 15) is 4.79 Å². The van der Waals surface area contributed by atoms with Gasteiger partial charge in [-0.15, -0.1) is 0 Å². The van der Waals surface area contributed by atoms with Crippen LogP contribution in [-0.4, -0.2) is 59.2 Å². The molecular weight excluding hydrogens is 368 g/mol. The lowest BCUT2D eigenvalue weighted by atomic mass is 10.1. The van der Waals surface area contributed by atoms with Crippen molar-refractivity contribution in [3.05, 3.63) is 48.3 Å². The highest BCUT2D eigenvalue weighted by Gasteiger charge is 2.24. The van der Waals surface area contributed by atoms with Crippen LogP contribution >= 0.6 is 0 Å². The Bertz CT molecular complexity index is 766. The Morgan fingerprint density at radius 1 is 1.17 bits per heavy atom. The maximum Gasteiger partial charge on any atom is 0.317 e. The molecule has 7 nitrogen and oxygen atoms in total. The minimum atomic E-state index is -0.0191. The fraction of sp³-hybridized carbons (Fsp3) is 0.545. The number of hydrogen-bond acceptors (Lipinski definition) is 4. The van der Waals surface area contributed by atoms with Crippen molar-refractivity contribution in [2.75, 3.05) is 26.3 Å². The summed E-state index contributed by atoms with van der Waals surface area (Å²) in [6.45, 7) is 3.47. The third-order valence-electron chi connectivity index (χ3n) is 5.69. The van der Waals surface area contributed by atoms with Crippen LogP contribution in [-0.2, 0) is 16.0 Å². The van der Waals surface area contributed by atoms with Crippen molar-refractivity contribution >= 4 is 6.03 Å². The van der Waals surface area contributed by atoms with Crippen molar-refractivity contribution in [2.24, 2.45) is 0 Å². The number of urea groups is 1. The monoisotopic (exact) mass is 398 g/mol. The molecule has 7 heteroatoms. The summed E-state index contributed by atoms with van der Waals surface area (Å²) >= 11 is 0. The first-order chi connectivity index (χ1) is 14.3. The average Bonchev–Trinajstić information content (AvgIpc) is 3.32. The maximum atomic E-state index is 12.6. The van der Waals surface area contributed by atoms with Crippen molar-refractivity contribution in [3.8, 4) is 5.69 Å². The van der Waals surface area contributed by atoms with Gasteiger partial charge in [-0.2, -0.15) is 5.10 Å². The third-order valence-corrected chi connectivity index (χ3v) is 5.69. The fourth-order valence-corrected chi connectivity index (χ4v) is 3.99. The van der Waals surface area contributed by atoms with E-state index in [1.165, 1.54) is 6.42 Å². The summed E-state index contributed by atoms with van der Waals surface area (Å²) in [5.74, 6) is 0. The van der Waals surface area contributed by atoms with E-state index in [1.54, 1.807) is 6.20 Å². The zero-order valence-corrected chi connectivity index (χ0v) is 16.8. The largest absolute Gasteiger partial charge is 0.376 e. The lowest BCUT2D eigenvalue weighted by Crippen LogP contribution is -2.46. The Hall–Kier alpha value is -2.38. The van der Waals surface area contributed by atoms with E-state index in [2.05, 4.69) is 10.4 Å². The molecule has 2 aromatic rings. The lowest BCUT2D eigenvalue weighted by Gasteiger charge is -2.33. The van der Waals surface area contributed by atoms with E-state index >= 15 is 0 Å². The number of benzene rings is 1. The van der Waals surface area contributed by atoms with Gasteiger partial charge < -0.3 is 19.7 Å². The average molecular weight is 399 g/mol. The van der Waals surface area contributed by atoms with Gasteiger partial charge in [0.2, 0.25) is 0 Å². The molecule has 1 aromatic carbocycles. The van der Waals surface area contributed by atoms with Crippen LogP contribution in [0.15, 0.2) is 42.7 Å². The van der Waals surface area contributed by atoms with Crippen LogP contribution in [0.5, 0.6) is 0 Å². The third kappa shape index (κ3) is 5.36. The van der Waals surface area contributed by atoms with Crippen LogP contribution in [0.3, 0.4) is 0 Å². The predicted molar refractivity (Wildman–Crippen MR) is 110 cm³/mol. The minimum Gasteiger partial charge on any atom is -0.376 e. The summed E-state index contributed by atoms with van der Waals surface area (Å²) in [6.07, 6.45) is 9.39. The number of carbonyl (C=O) groups is 1. The zero-order chi connectivity index (χ0) is 19.9. The molecule has 156 valence electrons. The predicted octanol–water partition coefficient (Wildman–Crippen LogP) is 3.13. The molecule has 2 fully saturated rings. The molecule has 2 aliphatic rings. The van der Waals surface area contributed by atoms with Crippen LogP contribution < -0.4 is 5.32 Å². The molecule has 0 bridgehead atoms. The van der Waals surface area contributed by atoms with Crippen LogP contribution in [0.4, 0.5) is 4.79 Å². The molecule has 0 unspecified atom stereocenters. The Balaban J connectivity index is 1.22. The first-order valence-electron chi connectivity index (χ1n) is 10.6. The summed E-state index contributed by atoms with van der Waals surface area (Å²) in [4.78, 5) is 14.5. The summed E-state index contributed by atoms with van der Waals surface area (Å²) in [7, 11) is 0. The Labute approximate surface area is 172 Å². The molecule has 4 rings (SSSR count). The van der Waals surface area contributed by atoms with Crippen molar-refractivity contribution in [1.82, 2.24) is 20.0 Å². The number of carbonyl (C=O) groups excluding carboxylic acids is 1. The molecule has 0 spiro atoms. The lowest BCUT2D eigenvalue weighted by molar-refractivity contribution is -0.0728. The van der Waals surface area contributed by atoms with Gasteiger partial charge in [0.25, 0.3) is 0 Å². The minimum absolute atomic E-state index is 0.0191. The molecule has 29 heavy (non-hydrogen) atoms. The second kappa shape index (κ2) is 9.89. The topological polar surface area (TPSA) is 68.6 Å². The molecule has 3 heterocycles. The number of hydrogen-bond donors (Lipinski definition) is 1. The fourth-order valence-electron chi connectivity index (χ4n) is 3.99. The first-order valence-corrected chi connectivity index (χ1v) is 10.6. The number of amides is 2. The van der Waals surface area contributed by atoms with E-state index in [0.717, 1.165) is 56.6 Å². The van der Waals surface area contributed by atoms with Gasteiger partial charge in [-0.1, -0.05) is 18.2 Å². The van der Waals surface area contributed by atoms with E-state index in [0.29, 0.717) is 13.2 Å². The maximum absolute atomic E-state index is 12.6. The number of aromatic nitrogens is 2. The van der Waals surface area contributed by atoms with Gasteiger partial charge in [-0.3, -0.25) is 0 Å². The van der Waals surface area contributed by atoms with E-state index in [-0.39, 0.29) is 18.2 Å². The molecular formula is C22H30N4O3. The molecule has 2 amide bonds. The summed E-state index contributed by atoms with van der Waals surface area (Å²) < 4.78 is 13.6. The highest BCUT2D eigenvalue weighted by atomic mass is 16.5. The zero-order valence-electron chi connectivity index (χ0n) is 16.8. The van der Waals surface area contributed by atoms with Gasteiger partial charge in [-0.05, 0) is 49.8 Å². The van der Waals surface area contributed by atoms with Crippen molar-refractivity contribution in [2.45, 2.75) is 50.9 Å². The molecule has 1 atom stereocenters. The van der Waals surface area contributed by atoms with Crippen molar-refractivity contribution in [3.63, 3.8) is 0 Å². The normalized spacial score (nSPS) is 20.6. The second-order valence-electron chi connectivity index (χ2n) is 7.75. The number of piperidine rings is 1. The van der Waals surface area contributed by atoms with Crippen LogP contribution in [0.25, 0.3) is 5.69 Å². The summed E-state index contributed by atoms with van der Waals surface area (Å²) in [5, 5.41) is 7.35. The van der Waals surface area contributed by atoms with E-state index < -0.39 is 0 Å². The van der Waals surface area contributed by atoms with E-state index in [1.807, 2.05) is 46.1 Å². The number of nitrogens with zero attached hydrogens (tertiary/aromatic N) is 3. The van der Waals surface area contributed by atoms with Gasteiger partial charge in [-0.25, -0.2) is 9.48 Å². The number of ether oxygens (including phenoxy) is 2. The standard InChI is InChI=1S/C22H30N4O3/c27-22(23-16-18-6-1-2-8-21(18)26-12-5-11-24-26)25-13-9-19(10-14-25)29-17-20-7-3-4-15-28-20/h1-2,5-6,8,11-12,19-20H,3-4,7,9-10,13-17H2,(H,23,27)/t20-/m0/s1. The molecule has 1 N–H and O–H groups in total.